The third-order valence-electron chi connectivity index (χ3n) is 4.83. The van der Waals surface area contributed by atoms with Crippen molar-refractivity contribution in [2.75, 3.05) is 26.8 Å². The van der Waals surface area contributed by atoms with Gasteiger partial charge in [-0.15, -0.1) is 0 Å². The standard InChI is InChI=1S/C19H21FN2O5/c1-26-12-19(18(24)25)8-9-22(11-19)17(23)7-6-16-21-10-15(27-16)13-4-2-3-5-14(13)20/h2-5,10H,6-9,11-12H2,1H3,(H,24,25). The van der Waals surface area contributed by atoms with E-state index in [-0.39, 0.29) is 31.9 Å². The number of methoxy groups -OCH3 is 1. The molecule has 1 N–H and O–H groups in total. The molecule has 2 aromatic rings. The molecule has 0 spiro atoms. The Labute approximate surface area is 155 Å². The summed E-state index contributed by atoms with van der Waals surface area (Å²) in [5.74, 6) is -0.887. The number of carbonyl (C=O) groups is 2. The highest BCUT2D eigenvalue weighted by Gasteiger charge is 2.46. The predicted octanol–water partition coefficient (Wildman–Crippen LogP) is 2.36. The number of amides is 1. The van der Waals surface area contributed by atoms with Gasteiger partial charge in [0.25, 0.3) is 0 Å². The number of halogens is 1. The number of likely N-dealkylation sites (tertiary alicyclic amines) is 1. The Kier molecular flexibility index (Phi) is 5.55. The normalized spacial score (nSPS) is 19.4. The number of aryl methyl sites for hydroxylation is 1. The first-order valence-electron chi connectivity index (χ1n) is 8.65. The molecule has 0 saturated carbocycles. The molecule has 1 amide bonds. The summed E-state index contributed by atoms with van der Waals surface area (Å²) >= 11 is 0. The Balaban J connectivity index is 1.59. The molecule has 1 unspecified atom stereocenters. The second-order valence-electron chi connectivity index (χ2n) is 6.68. The molecule has 1 aliphatic heterocycles. The first-order valence-corrected chi connectivity index (χ1v) is 8.65. The second-order valence-corrected chi connectivity index (χ2v) is 6.68. The number of benzene rings is 1. The number of hydrogen-bond donors (Lipinski definition) is 1. The van der Waals surface area contributed by atoms with Gasteiger partial charge in [-0.1, -0.05) is 12.1 Å². The van der Waals surface area contributed by atoms with Crippen LogP contribution in [0, 0.1) is 11.2 Å². The van der Waals surface area contributed by atoms with Gasteiger partial charge in [0.05, 0.1) is 18.4 Å². The molecule has 1 atom stereocenters. The topological polar surface area (TPSA) is 92.9 Å². The highest BCUT2D eigenvalue weighted by molar-refractivity contribution is 5.81. The lowest BCUT2D eigenvalue weighted by Crippen LogP contribution is -2.40. The number of aliphatic carboxylic acids is 1. The first kappa shape index (κ1) is 19.0. The second kappa shape index (κ2) is 7.87. The van der Waals surface area contributed by atoms with Crippen LogP contribution < -0.4 is 0 Å². The van der Waals surface area contributed by atoms with E-state index >= 15 is 0 Å². The monoisotopic (exact) mass is 376 g/mol. The Morgan fingerprint density at radius 2 is 2.19 bits per heavy atom. The van der Waals surface area contributed by atoms with Gasteiger partial charge in [-0.05, 0) is 18.6 Å². The minimum absolute atomic E-state index is 0.0673. The van der Waals surface area contributed by atoms with Crippen molar-refractivity contribution < 1.29 is 28.2 Å². The van der Waals surface area contributed by atoms with Crippen molar-refractivity contribution in [1.82, 2.24) is 9.88 Å². The largest absolute Gasteiger partial charge is 0.481 e. The summed E-state index contributed by atoms with van der Waals surface area (Å²) in [5, 5.41) is 9.46. The minimum atomic E-state index is -1.05. The number of hydrogen-bond acceptors (Lipinski definition) is 5. The van der Waals surface area contributed by atoms with Crippen LogP contribution in [0.4, 0.5) is 4.39 Å². The summed E-state index contributed by atoms with van der Waals surface area (Å²) in [7, 11) is 1.45. The van der Waals surface area contributed by atoms with Crippen LogP contribution in [-0.4, -0.2) is 53.7 Å². The summed E-state index contributed by atoms with van der Waals surface area (Å²) in [6, 6.07) is 6.22. The third-order valence-corrected chi connectivity index (χ3v) is 4.83. The molecule has 1 saturated heterocycles. The van der Waals surface area contributed by atoms with Crippen molar-refractivity contribution in [3.05, 3.63) is 42.2 Å². The van der Waals surface area contributed by atoms with Crippen molar-refractivity contribution in [3.63, 3.8) is 0 Å². The SMILES string of the molecule is COCC1(C(=O)O)CCN(C(=O)CCc2ncc(-c3ccccc3F)o2)C1. The van der Waals surface area contributed by atoms with E-state index in [1.54, 1.807) is 18.2 Å². The molecule has 144 valence electrons. The fourth-order valence-corrected chi connectivity index (χ4v) is 3.30. The Morgan fingerprint density at radius 3 is 2.89 bits per heavy atom. The molecule has 2 heterocycles. The summed E-state index contributed by atoms with van der Waals surface area (Å²) in [6.45, 7) is 0.569. The van der Waals surface area contributed by atoms with Crippen LogP contribution in [0.15, 0.2) is 34.9 Å². The maximum atomic E-state index is 13.8. The molecule has 1 aromatic heterocycles. The highest BCUT2D eigenvalue weighted by atomic mass is 19.1. The number of carboxylic acid groups (broad SMARTS) is 1. The van der Waals surface area contributed by atoms with Gasteiger partial charge in [0, 0.05) is 33.0 Å². The summed E-state index contributed by atoms with van der Waals surface area (Å²) < 4.78 is 24.4. The molecule has 0 aliphatic carbocycles. The summed E-state index contributed by atoms with van der Waals surface area (Å²) in [5.41, 5.74) is -0.737. The van der Waals surface area contributed by atoms with E-state index in [2.05, 4.69) is 4.98 Å². The van der Waals surface area contributed by atoms with E-state index in [1.165, 1.54) is 24.3 Å². The predicted molar refractivity (Wildman–Crippen MR) is 93.4 cm³/mol. The van der Waals surface area contributed by atoms with Crippen LogP contribution >= 0.6 is 0 Å². The molecule has 27 heavy (non-hydrogen) atoms. The van der Waals surface area contributed by atoms with E-state index in [9.17, 15) is 19.1 Å². The zero-order valence-corrected chi connectivity index (χ0v) is 15.0. The number of oxazole rings is 1. The Morgan fingerprint density at radius 1 is 1.41 bits per heavy atom. The van der Waals surface area contributed by atoms with Crippen molar-refractivity contribution in [1.29, 1.82) is 0 Å². The third kappa shape index (κ3) is 4.00. The molecule has 1 fully saturated rings. The first-order chi connectivity index (χ1) is 12.9. The van der Waals surface area contributed by atoms with Gasteiger partial charge >= 0.3 is 5.97 Å². The van der Waals surface area contributed by atoms with Crippen molar-refractivity contribution in [2.45, 2.75) is 19.3 Å². The van der Waals surface area contributed by atoms with E-state index < -0.39 is 17.2 Å². The molecule has 3 rings (SSSR count). The lowest BCUT2D eigenvalue weighted by Gasteiger charge is -2.23. The van der Waals surface area contributed by atoms with Crippen LogP contribution in [0.5, 0.6) is 0 Å². The molecular formula is C19H21FN2O5. The molecule has 1 aromatic carbocycles. The van der Waals surface area contributed by atoms with Crippen LogP contribution in [0.1, 0.15) is 18.7 Å². The molecule has 7 nitrogen and oxygen atoms in total. The Bertz CT molecular complexity index is 837. The van der Waals surface area contributed by atoms with Gasteiger partial charge in [-0.3, -0.25) is 9.59 Å². The molecule has 1 aliphatic rings. The number of aromatic nitrogens is 1. The minimum Gasteiger partial charge on any atom is -0.481 e. The highest BCUT2D eigenvalue weighted by Crippen LogP contribution is 2.32. The number of carbonyl (C=O) groups excluding carboxylic acids is 1. The maximum absolute atomic E-state index is 13.8. The van der Waals surface area contributed by atoms with Crippen LogP contribution in [0.25, 0.3) is 11.3 Å². The summed E-state index contributed by atoms with van der Waals surface area (Å²) in [6.07, 6.45) is 2.19. The number of ether oxygens (including phenoxy) is 1. The van der Waals surface area contributed by atoms with Gasteiger partial charge in [-0.25, -0.2) is 9.37 Å². The van der Waals surface area contributed by atoms with Gasteiger partial charge in [-0.2, -0.15) is 0 Å². The quantitative estimate of drug-likeness (QED) is 0.797. The number of nitrogens with zero attached hydrogens (tertiary/aromatic N) is 2. The van der Waals surface area contributed by atoms with Gasteiger partial charge in [0.1, 0.15) is 11.2 Å². The smallest absolute Gasteiger partial charge is 0.313 e. The molecule has 0 bridgehead atoms. The van der Waals surface area contributed by atoms with Crippen molar-refractivity contribution in [3.8, 4) is 11.3 Å². The molecular weight excluding hydrogens is 355 g/mol. The van der Waals surface area contributed by atoms with E-state index in [1.807, 2.05) is 0 Å². The summed E-state index contributed by atoms with van der Waals surface area (Å²) in [4.78, 5) is 29.6. The van der Waals surface area contributed by atoms with Crippen molar-refractivity contribution in [2.24, 2.45) is 5.41 Å². The zero-order valence-electron chi connectivity index (χ0n) is 15.0. The lowest BCUT2D eigenvalue weighted by molar-refractivity contribution is -0.151. The van der Waals surface area contributed by atoms with E-state index in [0.29, 0.717) is 30.2 Å². The van der Waals surface area contributed by atoms with Crippen molar-refractivity contribution >= 4 is 11.9 Å². The molecule has 0 radical (unpaired) electrons. The van der Waals surface area contributed by atoms with Crippen LogP contribution in [0.3, 0.4) is 0 Å². The number of carboxylic acids is 1. The van der Waals surface area contributed by atoms with Crippen LogP contribution in [-0.2, 0) is 20.7 Å². The number of rotatable bonds is 7. The van der Waals surface area contributed by atoms with Gasteiger partial charge < -0.3 is 19.2 Å². The van der Waals surface area contributed by atoms with Crippen LogP contribution in [0.2, 0.25) is 0 Å². The lowest BCUT2D eigenvalue weighted by atomic mass is 9.88. The average molecular weight is 376 g/mol. The maximum Gasteiger partial charge on any atom is 0.313 e. The fraction of sp³-hybridized carbons (Fsp3) is 0.421. The fourth-order valence-electron chi connectivity index (χ4n) is 3.30. The zero-order chi connectivity index (χ0) is 19.4. The van der Waals surface area contributed by atoms with Gasteiger partial charge in [0.15, 0.2) is 11.7 Å². The average Bonchev–Trinajstić information content (AvgIpc) is 3.28. The van der Waals surface area contributed by atoms with Gasteiger partial charge in [0.2, 0.25) is 5.91 Å². The molecule has 8 heteroatoms. The van der Waals surface area contributed by atoms with E-state index in [0.717, 1.165) is 0 Å². The van der Waals surface area contributed by atoms with E-state index in [4.69, 9.17) is 9.15 Å². The Hall–Kier alpha value is -2.74.